The minimum absolute atomic E-state index is 0.0370. The van der Waals surface area contributed by atoms with Crippen LogP contribution in [0, 0.1) is 29.2 Å². The number of ether oxygens (including phenoxy) is 2. The van der Waals surface area contributed by atoms with Gasteiger partial charge in [-0.15, -0.1) is 0 Å². The average Bonchev–Trinajstić information content (AvgIpc) is 2.72. The highest BCUT2D eigenvalue weighted by atomic mass is 32.2. The molecule has 162 valence electrons. The molecule has 2 heterocycles. The van der Waals surface area contributed by atoms with Crippen LogP contribution in [-0.4, -0.2) is 39.4 Å². The molecule has 0 amide bonds. The van der Waals surface area contributed by atoms with Gasteiger partial charge in [-0.05, 0) is 43.2 Å². The van der Waals surface area contributed by atoms with Crippen LogP contribution in [0.1, 0.15) is 18.4 Å². The highest BCUT2D eigenvalue weighted by Crippen LogP contribution is 2.55. The van der Waals surface area contributed by atoms with Gasteiger partial charge in [-0.2, -0.15) is 0 Å². The van der Waals surface area contributed by atoms with Crippen LogP contribution in [0.2, 0.25) is 0 Å². The summed E-state index contributed by atoms with van der Waals surface area (Å²) in [6.07, 6.45) is -1.05. The molecule has 0 bridgehead atoms. The van der Waals surface area contributed by atoms with Crippen molar-refractivity contribution in [3.63, 3.8) is 0 Å². The molecule has 0 aromatic heterocycles. The Labute approximate surface area is 170 Å². The average molecular weight is 446 g/mol. The third kappa shape index (κ3) is 2.92. The van der Waals surface area contributed by atoms with Crippen molar-refractivity contribution in [2.24, 2.45) is 5.92 Å². The van der Waals surface area contributed by atoms with Gasteiger partial charge in [0.1, 0.15) is 10.6 Å². The molecular formula is C20H18F4O5S. The van der Waals surface area contributed by atoms with Crippen molar-refractivity contribution < 1.29 is 40.6 Å². The van der Waals surface area contributed by atoms with Crippen LogP contribution in [0.5, 0.6) is 5.75 Å². The first-order chi connectivity index (χ1) is 14.2. The van der Waals surface area contributed by atoms with Gasteiger partial charge in [0, 0.05) is 19.1 Å². The summed E-state index contributed by atoms with van der Waals surface area (Å²) in [5.41, 5.74) is -0.491. The van der Waals surface area contributed by atoms with Gasteiger partial charge in [0.05, 0.1) is 23.2 Å². The molecule has 3 atom stereocenters. The van der Waals surface area contributed by atoms with Crippen molar-refractivity contribution in [3.8, 4) is 5.75 Å². The van der Waals surface area contributed by atoms with E-state index in [0.29, 0.717) is 12.1 Å². The van der Waals surface area contributed by atoms with E-state index in [-0.39, 0.29) is 32.7 Å². The van der Waals surface area contributed by atoms with E-state index in [4.69, 9.17) is 9.47 Å². The summed E-state index contributed by atoms with van der Waals surface area (Å²) >= 11 is 0. The molecule has 0 radical (unpaired) electrons. The van der Waals surface area contributed by atoms with Gasteiger partial charge in [-0.3, -0.25) is 0 Å². The molecule has 5 nitrogen and oxygen atoms in total. The van der Waals surface area contributed by atoms with Gasteiger partial charge in [-0.25, -0.2) is 26.0 Å². The molecule has 1 unspecified atom stereocenters. The van der Waals surface area contributed by atoms with Crippen molar-refractivity contribution in [1.29, 1.82) is 0 Å². The van der Waals surface area contributed by atoms with Crippen LogP contribution in [-0.2, 0) is 19.3 Å². The highest BCUT2D eigenvalue weighted by Gasteiger charge is 2.61. The second-order valence-electron chi connectivity index (χ2n) is 7.29. The molecule has 2 aliphatic heterocycles. The normalized spacial score (nSPS) is 25.9. The molecule has 30 heavy (non-hydrogen) atoms. The summed E-state index contributed by atoms with van der Waals surface area (Å²) in [7, 11) is -4.58. The number of aliphatic hydroxyl groups excluding tert-OH is 1. The number of rotatable bonds is 4. The van der Waals surface area contributed by atoms with E-state index in [9.17, 15) is 26.7 Å². The predicted molar refractivity (Wildman–Crippen MR) is 96.6 cm³/mol. The summed E-state index contributed by atoms with van der Waals surface area (Å²) < 4.78 is 93.4. The Morgan fingerprint density at radius 2 is 1.73 bits per heavy atom. The van der Waals surface area contributed by atoms with Crippen LogP contribution >= 0.6 is 0 Å². The monoisotopic (exact) mass is 446 g/mol. The number of aliphatic hydroxyl groups is 1. The lowest BCUT2D eigenvalue weighted by Crippen LogP contribution is -2.57. The highest BCUT2D eigenvalue weighted by molar-refractivity contribution is 7.92. The van der Waals surface area contributed by atoms with Crippen LogP contribution in [0.15, 0.2) is 35.2 Å². The van der Waals surface area contributed by atoms with E-state index < -0.39 is 66.1 Å². The molecule has 0 aliphatic carbocycles. The minimum Gasteiger partial charge on any atom is -0.490 e. The number of sulfone groups is 1. The molecule has 1 saturated heterocycles. The molecule has 10 heteroatoms. The predicted octanol–water partition coefficient (Wildman–Crippen LogP) is 3.09. The summed E-state index contributed by atoms with van der Waals surface area (Å²) in [6.45, 7) is -0.776. The lowest BCUT2D eigenvalue weighted by molar-refractivity contribution is -0.0806. The molecule has 2 aliphatic rings. The van der Waals surface area contributed by atoms with Gasteiger partial charge in [0.2, 0.25) is 0 Å². The second-order valence-corrected chi connectivity index (χ2v) is 9.50. The smallest absolute Gasteiger partial charge is 0.189 e. The Bertz CT molecular complexity index is 1090. The van der Waals surface area contributed by atoms with Crippen LogP contribution < -0.4 is 4.74 Å². The maximum Gasteiger partial charge on any atom is 0.189 e. The lowest BCUT2D eigenvalue weighted by atomic mass is 9.75. The molecule has 0 saturated carbocycles. The van der Waals surface area contributed by atoms with E-state index in [1.54, 1.807) is 0 Å². The first kappa shape index (κ1) is 21.1. The summed E-state index contributed by atoms with van der Waals surface area (Å²) in [5, 5.41) is 9.38. The number of benzene rings is 2. The van der Waals surface area contributed by atoms with Gasteiger partial charge < -0.3 is 14.6 Å². The Kier molecular flexibility index (Phi) is 5.27. The molecule has 2 aromatic carbocycles. The van der Waals surface area contributed by atoms with E-state index in [1.165, 1.54) is 0 Å². The fraction of sp³-hybridized carbons (Fsp3) is 0.400. The van der Waals surface area contributed by atoms with Crippen molar-refractivity contribution in [2.45, 2.75) is 28.6 Å². The topological polar surface area (TPSA) is 72.8 Å². The Morgan fingerprint density at radius 3 is 2.43 bits per heavy atom. The van der Waals surface area contributed by atoms with Crippen LogP contribution in [0.25, 0.3) is 0 Å². The molecule has 4 rings (SSSR count). The van der Waals surface area contributed by atoms with Crippen molar-refractivity contribution in [1.82, 2.24) is 0 Å². The van der Waals surface area contributed by atoms with E-state index in [2.05, 4.69) is 0 Å². The third-order valence-corrected chi connectivity index (χ3v) is 8.38. The maximum absolute atomic E-state index is 15.0. The van der Waals surface area contributed by atoms with Crippen molar-refractivity contribution in [3.05, 3.63) is 59.2 Å². The minimum atomic E-state index is -4.58. The van der Waals surface area contributed by atoms with Gasteiger partial charge >= 0.3 is 0 Å². The summed E-state index contributed by atoms with van der Waals surface area (Å²) in [6, 6.07) is 3.72. The SMILES string of the molecule is O=S(=O)(c1ccc(F)c(F)c1)[C@@]12CCO[C@@H](CCO)C1COc1c(F)ccc(F)c12. The van der Waals surface area contributed by atoms with Gasteiger partial charge in [0.25, 0.3) is 0 Å². The van der Waals surface area contributed by atoms with E-state index >= 15 is 4.39 Å². The molecular weight excluding hydrogens is 428 g/mol. The number of halogens is 4. The van der Waals surface area contributed by atoms with Crippen LogP contribution in [0.3, 0.4) is 0 Å². The molecule has 1 fully saturated rings. The lowest BCUT2D eigenvalue weighted by Gasteiger charge is -2.50. The van der Waals surface area contributed by atoms with Gasteiger partial charge in [0.15, 0.2) is 33.0 Å². The molecule has 2 aromatic rings. The largest absolute Gasteiger partial charge is 0.490 e. The van der Waals surface area contributed by atoms with E-state index in [0.717, 1.165) is 18.2 Å². The van der Waals surface area contributed by atoms with Crippen molar-refractivity contribution in [2.75, 3.05) is 19.8 Å². The number of fused-ring (bicyclic) bond motifs is 3. The Hall–Kier alpha value is -2.17. The maximum atomic E-state index is 15.0. The van der Waals surface area contributed by atoms with Crippen molar-refractivity contribution >= 4 is 9.84 Å². The fourth-order valence-corrected chi connectivity index (χ4v) is 6.85. The standard InChI is InChI=1S/C20H18F4O5S/c21-13-2-1-11(9-16(13)24)30(26,27)20-6-8-28-17(5-7-25)12(20)10-29-19-15(23)4-3-14(22)18(19)20/h1-4,9,12,17,25H,5-8,10H2/t12?,17-,20-/m0/s1. The Balaban J connectivity index is 2.03. The number of hydrogen-bond acceptors (Lipinski definition) is 5. The summed E-state index contributed by atoms with van der Waals surface area (Å²) in [5.74, 6) is -6.09. The first-order valence-electron chi connectivity index (χ1n) is 9.27. The van der Waals surface area contributed by atoms with Crippen LogP contribution in [0.4, 0.5) is 17.6 Å². The zero-order valence-corrected chi connectivity index (χ0v) is 16.4. The summed E-state index contributed by atoms with van der Waals surface area (Å²) in [4.78, 5) is -0.562. The fourth-order valence-electron chi connectivity index (χ4n) is 4.49. The molecule has 0 spiro atoms. The quantitative estimate of drug-likeness (QED) is 0.577. The van der Waals surface area contributed by atoms with Gasteiger partial charge in [-0.1, -0.05) is 0 Å². The second kappa shape index (κ2) is 7.51. The Morgan fingerprint density at radius 1 is 1.03 bits per heavy atom. The zero-order chi connectivity index (χ0) is 21.7. The first-order valence-corrected chi connectivity index (χ1v) is 10.8. The molecule has 1 N–H and O–H groups in total. The zero-order valence-electron chi connectivity index (χ0n) is 15.6. The number of hydrogen-bond donors (Lipinski definition) is 1. The van der Waals surface area contributed by atoms with E-state index in [1.807, 2.05) is 0 Å². The third-order valence-electron chi connectivity index (χ3n) is 5.84.